The van der Waals surface area contributed by atoms with Gasteiger partial charge in [0.15, 0.2) is 4.77 Å². The fraction of sp³-hybridized carbons (Fsp3) is 0.357. The van der Waals surface area contributed by atoms with E-state index in [1.165, 1.54) is 0 Å². The molecular weight excluding hydrogens is 329 g/mol. The first-order chi connectivity index (χ1) is 10.8. The molecule has 1 heterocycles. The summed E-state index contributed by atoms with van der Waals surface area (Å²) in [5, 5.41) is 9.12. The number of benzene rings is 1. The molecule has 1 aromatic heterocycles. The molecule has 0 unspecified atom stereocenters. The van der Waals surface area contributed by atoms with Crippen molar-refractivity contribution in [3.63, 3.8) is 0 Å². The maximum atomic E-state index is 13.5. The highest BCUT2D eigenvalue weighted by molar-refractivity contribution is 7.71. The fourth-order valence-corrected chi connectivity index (χ4v) is 2.35. The van der Waals surface area contributed by atoms with E-state index in [2.05, 4.69) is 15.5 Å². The Hall–Kier alpha value is -2.16. The van der Waals surface area contributed by atoms with Gasteiger partial charge in [0.1, 0.15) is 28.8 Å². The van der Waals surface area contributed by atoms with Crippen LogP contribution in [0.5, 0.6) is 0 Å². The summed E-state index contributed by atoms with van der Waals surface area (Å²) in [5.41, 5.74) is -0.814. The van der Waals surface area contributed by atoms with Crippen LogP contribution < -0.4 is 5.32 Å². The van der Waals surface area contributed by atoms with E-state index in [-0.39, 0.29) is 12.5 Å². The minimum Gasteiger partial charge on any atom is -0.350 e. The molecule has 2 rings (SSSR count). The van der Waals surface area contributed by atoms with Crippen molar-refractivity contribution < 1.29 is 18.0 Å². The summed E-state index contributed by atoms with van der Waals surface area (Å²) in [4.78, 5) is 11.9. The van der Waals surface area contributed by atoms with Gasteiger partial charge in [-0.15, -0.1) is 0 Å². The van der Waals surface area contributed by atoms with Gasteiger partial charge in [-0.1, -0.05) is 13.8 Å². The number of amides is 1. The fourth-order valence-electron chi connectivity index (χ4n) is 2.12. The van der Waals surface area contributed by atoms with Gasteiger partial charge in [-0.25, -0.2) is 13.2 Å². The van der Waals surface area contributed by atoms with Crippen molar-refractivity contribution in [3.8, 4) is 0 Å². The van der Waals surface area contributed by atoms with Gasteiger partial charge in [-0.2, -0.15) is 5.10 Å². The lowest BCUT2D eigenvalue weighted by atomic mass is 10.2. The predicted octanol–water partition coefficient (Wildman–Crippen LogP) is 2.91. The number of rotatable bonds is 5. The molecule has 0 bridgehead atoms. The first-order valence-corrected chi connectivity index (χ1v) is 7.30. The number of aromatic nitrogens is 3. The number of halogens is 3. The highest BCUT2D eigenvalue weighted by Crippen LogP contribution is 2.15. The molecule has 1 amide bonds. The molecule has 5 nitrogen and oxygen atoms in total. The molecule has 0 radical (unpaired) electrons. The number of aromatic amines is 1. The molecule has 2 aromatic rings. The van der Waals surface area contributed by atoms with Gasteiger partial charge in [-0.3, -0.25) is 9.89 Å². The number of nitrogens with one attached hydrogen (secondary N) is 2. The zero-order valence-electron chi connectivity index (χ0n) is 12.5. The molecule has 0 atom stereocenters. The maximum absolute atomic E-state index is 13.5. The van der Waals surface area contributed by atoms with Crippen molar-refractivity contribution in [2.75, 3.05) is 6.54 Å². The molecule has 9 heteroatoms. The van der Waals surface area contributed by atoms with E-state index in [1.54, 1.807) is 4.57 Å². The van der Waals surface area contributed by atoms with E-state index in [9.17, 15) is 18.0 Å². The zero-order valence-corrected chi connectivity index (χ0v) is 13.3. The first-order valence-electron chi connectivity index (χ1n) is 6.89. The van der Waals surface area contributed by atoms with Crippen LogP contribution in [0.1, 0.15) is 35.9 Å². The average molecular weight is 344 g/mol. The minimum atomic E-state index is -1.25. The van der Waals surface area contributed by atoms with Crippen LogP contribution in [0.15, 0.2) is 12.1 Å². The molecule has 0 fully saturated rings. The van der Waals surface area contributed by atoms with E-state index >= 15 is 0 Å². The van der Waals surface area contributed by atoms with Crippen LogP contribution in [-0.2, 0) is 6.54 Å². The Morgan fingerprint density at radius 3 is 2.52 bits per heavy atom. The normalized spacial score (nSPS) is 11.0. The van der Waals surface area contributed by atoms with Crippen LogP contribution in [0.4, 0.5) is 13.2 Å². The Bertz CT molecular complexity index is 762. The van der Waals surface area contributed by atoms with Crippen molar-refractivity contribution in [3.05, 3.63) is 45.7 Å². The quantitative estimate of drug-likeness (QED) is 0.820. The van der Waals surface area contributed by atoms with Gasteiger partial charge in [-0.05, 0) is 12.2 Å². The van der Waals surface area contributed by atoms with Crippen molar-refractivity contribution >= 4 is 18.1 Å². The number of H-pyrrole nitrogens is 1. The molecule has 0 aliphatic heterocycles. The Morgan fingerprint density at radius 2 is 1.96 bits per heavy atom. The van der Waals surface area contributed by atoms with Crippen LogP contribution >= 0.6 is 12.2 Å². The molecule has 124 valence electrons. The smallest absolute Gasteiger partial charge is 0.257 e. The second-order valence-electron chi connectivity index (χ2n) is 5.19. The molecule has 0 aliphatic rings. The van der Waals surface area contributed by atoms with Crippen LogP contribution in [-0.4, -0.2) is 27.2 Å². The molecule has 23 heavy (non-hydrogen) atoms. The third kappa shape index (κ3) is 3.79. The van der Waals surface area contributed by atoms with E-state index in [4.69, 9.17) is 12.2 Å². The highest BCUT2D eigenvalue weighted by Gasteiger charge is 2.19. The standard InChI is InChI=1S/C14H15F3N4OS/c1-7(2)12-19-20-14(23)21(12)4-3-18-13(22)11-9(16)5-8(15)6-10(11)17/h5-7H,3-4H2,1-2H3,(H,18,22)(H,20,23). The van der Waals surface area contributed by atoms with Crippen molar-refractivity contribution in [1.29, 1.82) is 0 Å². The lowest BCUT2D eigenvalue weighted by Gasteiger charge is -2.11. The summed E-state index contributed by atoms with van der Waals surface area (Å²) in [7, 11) is 0. The second-order valence-corrected chi connectivity index (χ2v) is 5.58. The summed E-state index contributed by atoms with van der Waals surface area (Å²) < 4.78 is 42.0. The minimum absolute atomic E-state index is 0.0860. The molecule has 1 aromatic carbocycles. The van der Waals surface area contributed by atoms with Gasteiger partial charge < -0.3 is 9.88 Å². The summed E-state index contributed by atoms with van der Waals surface area (Å²) >= 11 is 5.09. The predicted molar refractivity (Wildman–Crippen MR) is 80.1 cm³/mol. The maximum Gasteiger partial charge on any atom is 0.257 e. The number of nitrogens with zero attached hydrogens (tertiary/aromatic N) is 2. The van der Waals surface area contributed by atoms with E-state index in [0.29, 0.717) is 29.3 Å². The molecule has 0 aliphatic carbocycles. The van der Waals surface area contributed by atoms with E-state index < -0.39 is 28.9 Å². The molecule has 0 saturated carbocycles. The summed E-state index contributed by atoms with van der Waals surface area (Å²) in [6.45, 7) is 4.24. The Balaban J connectivity index is 2.07. The summed E-state index contributed by atoms with van der Waals surface area (Å²) in [5.74, 6) is -3.71. The van der Waals surface area contributed by atoms with Gasteiger partial charge in [0.2, 0.25) is 0 Å². The molecule has 2 N–H and O–H groups in total. The third-order valence-corrected chi connectivity index (χ3v) is 3.47. The van der Waals surface area contributed by atoms with Gasteiger partial charge >= 0.3 is 0 Å². The van der Waals surface area contributed by atoms with E-state index in [0.717, 1.165) is 0 Å². The van der Waals surface area contributed by atoms with Gasteiger partial charge in [0.05, 0.1) is 0 Å². The molecule has 0 saturated heterocycles. The number of carbonyl (C=O) groups is 1. The van der Waals surface area contributed by atoms with Gasteiger partial charge in [0, 0.05) is 31.1 Å². The average Bonchev–Trinajstić information content (AvgIpc) is 2.79. The Morgan fingerprint density at radius 1 is 1.35 bits per heavy atom. The summed E-state index contributed by atoms with van der Waals surface area (Å²) in [6, 6.07) is 0.919. The Kier molecular flexibility index (Phi) is 5.19. The van der Waals surface area contributed by atoms with Crippen molar-refractivity contribution in [1.82, 2.24) is 20.1 Å². The Labute approximate surface area is 135 Å². The SMILES string of the molecule is CC(C)c1n[nH]c(=S)n1CCNC(=O)c1c(F)cc(F)cc1F. The summed E-state index contributed by atoms with van der Waals surface area (Å²) in [6.07, 6.45) is 0. The van der Waals surface area contributed by atoms with Crippen molar-refractivity contribution in [2.24, 2.45) is 0 Å². The van der Waals surface area contributed by atoms with Crippen LogP contribution in [0, 0.1) is 22.2 Å². The van der Waals surface area contributed by atoms with Crippen molar-refractivity contribution in [2.45, 2.75) is 26.3 Å². The van der Waals surface area contributed by atoms with Gasteiger partial charge in [0.25, 0.3) is 5.91 Å². The largest absolute Gasteiger partial charge is 0.350 e. The number of carbonyl (C=O) groups excluding carboxylic acids is 1. The molecular formula is C14H15F3N4OS. The monoisotopic (exact) mass is 344 g/mol. The topological polar surface area (TPSA) is 62.7 Å². The lowest BCUT2D eigenvalue weighted by molar-refractivity contribution is 0.0943. The van der Waals surface area contributed by atoms with Crippen LogP contribution in [0.2, 0.25) is 0 Å². The van der Waals surface area contributed by atoms with Crippen LogP contribution in [0.25, 0.3) is 0 Å². The van der Waals surface area contributed by atoms with E-state index in [1.807, 2.05) is 13.8 Å². The zero-order chi connectivity index (χ0) is 17.1. The lowest BCUT2D eigenvalue weighted by Crippen LogP contribution is -2.29. The molecule has 0 spiro atoms. The number of hydrogen-bond acceptors (Lipinski definition) is 3. The first kappa shape index (κ1) is 17.2. The highest BCUT2D eigenvalue weighted by atomic mass is 32.1. The van der Waals surface area contributed by atoms with Crippen LogP contribution in [0.3, 0.4) is 0 Å². The second kappa shape index (κ2) is 6.95. The third-order valence-electron chi connectivity index (χ3n) is 3.16. The number of hydrogen-bond donors (Lipinski definition) is 2.